The Balaban J connectivity index is 2.07. The first-order valence-corrected chi connectivity index (χ1v) is 6.51. The maximum atomic E-state index is 5.62. The normalized spacial score (nSPS) is 22.9. The molecule has 3 heteroatoms. The molecule has 3 nitrogen and oxygen atoms in total. The highest BCUT2D eigenvalue weighted by Gasteiger charge is 2.19. The third kappa shape index (κ3) is 5.83. The van der Waals surface area contributed by atoms with Gasteiger partial charge >= 0.3 is 0 Å². The zero-order valence-corrected chi connectivity index (χ0v) is 11.1. The van der Waals surface area contributed by atoms with E-state index in [2.05, 4.69) is 18.7 Å². The second kappa shape index (κ2) is 8.04. The first kappa shape index (κ1) is 13.9. The van der Waals surface area contributed by atoms with Crippen molar-refractivity contribution in [1.82, 2.24) is 4.90 Å². The molecule has 1 fully saturated rings. The van der Waals surface area contributed by atoms with E-state index in [9.17, 15) is 0 Å². The van der Waals surface area contributed by atoms with Crippen molar-refractivity contribution < 1.29 is 9.47 Å². The van der Waals surface area contributed by atoms with Crippen LogP contribution in [-0.4, -0.2) is 51.5 Å². The molecule has 0 aromatic heterocycles. The van der Waals surface area contributed by atoms with Gasteiger partial charge in [0.15, 0.2) is 0 Å². The van der Waals surface area contributed by atoms with Crippen molar-refractivity contribution in [2.45, 2.75) is 26.7 Å². The Morgan fingerprint density at radius 1 is 1.38 bits per heavy atom. The first-order chi connectivity index (χ1) is 7.72. The van der Waals surface area contributed by atoms with Crippen LogP contribution in [0, 0.1) is 11.8 Å². The molecule has 0 amide bonds. The van der Waals surface area contributed by atoms with Crippen molar-refractivity contribution in [2.75, 3.05) is 46.6 Å². The van der Waals surface area contributed by atoms with Gasteiger partial charge in [-0.25, -0.2) is 0 Å². The molecule has 1 rings (SSSR count). The lowest BCUT2D eigenvalue weighted by molar-refractivity contribution is 0.0535. The van der Waals surface area contributed by atoms with Crippen molar-refractivity contribution in [2.24, 2.45) is 11.8 Å². The van der Waals surface area contributed by atoms with Gasteiger partial charge < -0.3 is 14.4 Å². The number of piperidine rings is 1. The van der Waals surface area contributed by atoms with E-state index in [1.165, 1.54) is 25.9 Å². The van der Waals surface area contributed by atoms with Gasteiger partial charge in [0, 0.05) is 26.8 Å². The zero-order valence-electron chi connectivity index (χ0n) is 11.1. The lowest BCUT2D eigenvalue weighted by atomic mass is 9.99. The highest BCUT2D eigenvalue weighted by molar-refractivity contribution is 4.72. The van der Waals surface area contributed by atoms with Gasteiger partial charge in [-0.15, -0.1) is 0 Å². The average molecular weight is 229 g/mol. The summed E-state index contributed by atoms with van der Waals surface area (Å²) in [7, 11) is 1.80. The minimum atomic E-state index is 0.641. The van der Waals surface area contributed by atoms with E-state index in [-0.39, 0.29) is 0 Å². The largest absolute Gasteiger partial charge is 0.384 e. The molecule has 96 valence electrons. The molecule has 1 heterocycles. The van der Waals surface area contributed by atoms with E-state index in [1.807, 2.05) is 0 Å². The van der Waals surface area contributed by atoms with Crippen LogP contribution in [0.3, 0.4) is 0 Å². The van der Waals surface area contributed by atoms with Gasteiger partial charge in [0.05, 0.1) is 13.2 Å². The van der Waals surface area contributed by atoms with Crippen LogP contribution in [0.1, 0.15) is 26.7 Å². The van der Waals surface area contributed by atoms with Gasteiger partial charge in [0.2, 0.25) is 0 Å². The van der Waals surface area contributed by atoms with Gasteiger partial charge in [-0.1, -0.05) is 13.8 Å². The average Bonchev–Trinajstić information content (AvgIpc) is 2.25. The van der Waals surface area contributed by atoms with Gasteiger partial charge in [-0.05, 0) is 31.2 Å². The third-order valence-electron chi connectivity index (χ3n) is 3.01. The molecule has 0 aromatic rings. The maximum Gasteiger partial charge on any atom is 0.0593 e. The molecule has 0 saturated carbocycles. The molecule has 0 N–H and O–H groups in total. The summed E-state index contributed by atoms with van der Waals surface area (Å²) in [5, 5.41) is 0. The highest BCUT2D eigenvalue weighted by Crippen LogP contribution is 2.16. The third-order valence-corrected chi connectivity index (χ3v) is 3.01. The van der Waals surface area contributed by atoms with Crippen LogP contribution in [0.5, 0.6) is 0 Å². The van der Waals surface area contributed by atoms with Gasteiger partial charge in [0.1, 0.15) is 0 Å². The molecule has 0 spiro atoms. The summed E-state index contributed by atoms with van der Waals surface area (Å²) in [5.41, 5.74) is 0. The fourth-order valence-electron chi connectivity index (χ4n) is 2.24. The summed E-state index contributed by atoms with van der Waals surface area (Å²) in [5.74, 6) is 1.37. The molecule has 1 saturated heterocycles. The van der Waals surface area contributed by atoms with Crippen molar-refractivity contribution in [3.8, 4) is 0 Å². The molecule has 1 atom stereocenters. The molecular formula is C13H27NO2. The Kier molecular flexibility index (Phi) is 7.01. The Morgan fingerprint density at radius 2 is 2.19 bits per heavy atom. The van der Waals surface area contributed by atoms with Crippen molar-refractivity contribution in [3.05, 3.63) is 0 Å². The van der Waals surface area contributed by atoms with Crippen molar-refractivity contribution in [1.29, 1.82) is 0 Å². The van der Waals surface area contributed by atoms with Crippen LogP contribution in [0.2, 0.25) is 0 Å². The Hall–Kier alpha value is -0.120. The topological polar surface area (TPSA) is 21.7 Å². The number of hydrogen-bond donors (Lipinski definition) is 0. The SMILES string of the molecule is COC[C@H]1CCCN(CCOCC(C)C)C1. The van der Waals surface area contributed by atoms with Crippen molar-refractivity contribution >= 4 is 0 Å². The number of hydrogen-bond acceptors (Lipinski definition) is 3. The quantitative estimate of drug-likeness (QED) is 0.623. The zero-order chi connectivity index (χ0) is 11.8. The summed E-state index contributed by atoms with van der Waals surface area (Å²) in [4.78, 5) is 2.51. The van der Waals surface area contributed by atoms with Crippen LogP contribution in [-0.2, 0) is 9.47 Å². The Bertz CT molecular complexity index is 171. The Morgan fingerprint density at radius 3 is 2.88 bits per heavy atom. The molecule has 0 aromatic carbocycles. The summed E-state index contributed by atoms with van der Waals surface area (Å²) in [6.45, 7) is 10.5. The van der Waals surface area contributed by atoms with E-state index in [4.69, 9.17) is 9.47 Å². The maximum absolute atomic E-state index is 5.62. The number of ether oxygens (including phenoxy) is 2. The number of rotatable bonds is 7. The summed E-state index contributed by atoms with van der Waals surface area (Å²) < 4.78 is 10.8. The fourth-order valence-corrected chi connectivity index (χ4v) is 2.24. The highest BCUT2D eigenvalue weighted by atomic mass is 16.5. The van der Waals surface area contributed by atoms with E-state index >= 15 is 0 Å². The van der Waals surface area contributed by atoms with Crippen LogP contribution < -0.4 is 0 Å². The summed E-state index contributed by atoms with van der Waals surface area (Å²) in [6, 6.07) is 0. The van der Waals surface area contributed by atoms with Gasteiger partial charge in [-0.2, -0.15) is 0 Å². The van der Waals surface area contributed by atoms with E-state index in [0.717, 1.165) is 32.3 Å². The monoisotopic (exact) mass is 229 g/mol. The minimum Gasteiger partial charge on any atom is -0.384 e. The molecule has 0 aliphatic carbocycles. The molecule has 0 unspecified atom stereocenters. The lowest BCUT2D eigenvalue weighted by Gasteiger charge is -2.32. The molecule has 0 bridgehead atoms. The predicted octanol–water partition coefficient (Wildman–Crippen LogP) is 2.02. The van der Waals surface area contributed by atoms with E-state index < -0.39 is 0 Å². The van der Waals surface area contributed by atoms with E-state index in [1.54, 1.807) is 7.11 Å². The van der Waals surface area contributed by atoms with Gasteiger partial charge in [0.25, 0.3) is 0 Å². The minimum absolute atomic E-state index is 0.641. The second-order valence-electron chi connectivity index (χ2n) is 5.23. The smallest absolute Gasteiger partial charge is 0.0593 e. The lowest BCUT2D eigenvalue weighted by Crippen LogP contribution is -2.39. The number of likely N-dealkylation sites (tertiary alicyclic amines) is 1. The Labute approximate surface area is 100 Å². The molecule has 0 radical (unpaired) electrons. The van der Waals surface area contributed by atoms with Gasteiger partial charge in [-0.3, -0.25) is 0 Å². The van der Waals surface area contributed by atoms with Crippen LogP contribution in [0.15, 0.2) is 0 Å². The summed E-state index contributed by atoms with van der Waals surface area (Å²) in [6.07, 6.45) is 2.62. The number of nitrogens with zero attached hydrogens (tertiary/aromatic N) is 1. The predicted molar refractivity (Wildman–Crippen MR) is 66.7 cm³/mol. The first-order valence-electron chi connectivity index (χ1n) is 6.51. The van der Waals surface area contributed by atoms with Crippen LogP contribution in [0.4, 0.5) is 0 Å². The fraction of sp³-hybridized carbons (Fsp3) is 1.00. The van der Waals surface area contributed by atoms with Crippen LogP contribution in [0.25, 0.3) is 0 Å². The molecule has 1 aliphatic rings. The van der Waals surface area contributed by atoms with E-state index in [0.29, 0.717) is 5.92 Å². The number of methoxy groups -OCH3 is 1. The molecule has 16 heavy (non-hydrogen) atoms. The molecule has 1 aliphatic heterocycles. The van der Waals surface area contributed by atoms with Crippen LogP contribution >= 0.6 is 0 Å². The summed E-state index contributed by atoms with van der Waals surface area (Å²) >= 11 is 0. The second-order valence-corrected chi connectivity index (χ2v) is 5.23. The van der Waals surface area contributed by atoms with Crippen molar-refractivity contribution in [3.63, 3.8) is 0 Å². The molecular weight excluding hydrogens is 202 g/mol. The standard InChI is InChI=1S/C13H27NO2/c1-12(2)10-16-8-7-14-6-4-5-13(9-14)11-15-3/h12-13H,4-11H2,1-3H3/t13-/m0/s1.